The Morgan fingerprint density at radius 1 is 1.11 bits per heavy atom. The lowest BCUT2D eigenvalue weighted by Gasteiger charge is -2.27. The maximum absolute atomic E-state index is 12.6. The van der Waals surface area contributed by atoms with Crippen LogP contribution in [-0.2, 0) is 19.3 Å². The lowest BCUT2D eigenvalue weighted by molar-refractivity contribution is -0.148. The SMILES string of the molecule is FC(F)(F)c1nnc2n1CCN(CCCCCS)C2. The van der Waals surface area contributed by atoms with Gasteiger partial charge in [0.05, 0.1) is 6.54 Å². The van der Waals surface area contributed by atoms with Gasteiger partial charge in [-0.1, -0.05) is 6.42 Å². The highest BCUT2D eigenvalue weighted by molar-refractivity contribution is 7.80. The van der Waals surface area contributed by atoms with E-state index in [0.29, 0.717) is 25.5 Å². The van der Waals surface area contributed by atoms with Crippen LogP contribution in [0.1, 0.15) is 30.9 Å². The van der Waals surface area contributed by atoms with Crippen molar-refractivity contribution in [2.45, 2.75) is 38.5 Å². The average Bonchev–Trinajstić information content (AvgIpc) is 2.77. The lowest BCUT2D eigenvalue weighted by Crippen LogP contribution is -2.35. The van der Waals surface area contributed by atoms with Gasteiger partial charge in [-0.05, 0) is 25.1 Å². The molecular weight excluding hydrogens is 277 g/mol. The van der Waals surface area contributed by atoms with Gasteiger partial charge in [-0.2, -0.15) is 25.8 Å². The largest absolute Gasteiger partial charge is 0.451 e. The summed E-state index contributed by atoms with van der Waals surface area (Å²) in [5.74, 6) is 0.411. The predicted octanol–water partition coefficient (Wildman–Crippen LogP) is 2.21. The van der Waals surface area contributed by atoms with Crippen LogP contribution >= 0.6 is 12.6 Å². The molecule has 1 aromatic rings. The van der Waals surface area contributed by atoms with Crippen molar-refractivity contribution in [2.75, 3.05) is 18.8 Å². The van der Waals surface area contributed by atoms with Crippen LogP contribution in [0.5, 0.6) is 0 Å². The second kappa shape index (κ2) is 6.13. The summed E-state index contributed by atoms with van der Waals surface area (Å²) in [6, 6.07) is 0. The fourth-order valence-corrected chi connectivity index (χ4v) is 2.46. The Morgan fingerprint density at radius 3 is 2.58 bits per heavy atom. The van der Waals surface area contributed by atoms with Gasteiger partial charge >= 0.3 is 6.18 Å². The van der Waals surface area contributed by atoms with E-state index in [1.165, 1.54) is 4.57 Å². The van der Waals surface area contributed by atoms with Crippen LogP contribution in [0.25, 0.3) is 0 Å². The van der Waals surface area contributed by atoms with Gasteiger partial charge in [0.2, 0.25) is 5.82 Å². The molecule has 8 heteroatoms. The molecule has 0 unspecified atom stereocenters. The van der Waals surface area contributed by atoms with Gasteiger partial charge in [0.25, 0.3) is 0 Å². The zero-order valence-corrected chi connectivity index (χ0v) is 11.4. The Labute approximate surface area is 115 Å². The standard InChI is InChI=1S/C11H17F3N4S/c12-11(13,14)10-16-15-9-8-17(5-6-18(9)10)4-2-1-3-7-19/h19H,1-8H2. The van der Waals surface area contributed by atoms with Crippen LogP contribution in [0, 0.1) is 0 Å². The number of fused-ring (bicyclic) bond motifs is 1. The van der Waals surface area contributed by atoms with Crippen molar-refractivity contribution in [3.05, 3.63) is 11.6 Å². The number of rotatable bonds is 5. The molecule has 0 saturated heterocycles. The Balaban J connectivity index is 1.92. The van der Waals surface area contributed by atoms with Gasteiger partial charge < -0.3 is 4.57 Å². The monoisotopic (exact) mass is 294 g/mol. The Hall–Kier alpha value is -0.760. The normalized spacial score (nSPS) is 16.6. The van der Waals surface area contributed by atoms with Crippen LogP contribution in [0.3, 0.4) is 0 Å². The van der Waals surface area contributed by atoms with Crippen LogP contribution in [-0.4, -0.2) is 38.5 Å². The molecule has 108 valence electrons. The van der Waals surface area contributed by atoms with Crippen molar-refractivity contribution in [1.29, 1.82) is 0 Å². The molecule has 1 aromatic heterocycles. The summed E-state index contributed by atoms with van der Waals surface area (Å²) >= 11 is 4.15. The van der Waals surface area contributed by atoms with Crippen LogP contribution in [0.4, 0.5) is 13.2 Å². The first-order valence-corrected chi connectivity index (χ1v) is 6.98. The van der Waals surface area contributed by atoms with E-state index in [4.69, 9.17) is 0 Å². The van der Waals surface area contributed by atoms with Crippen LogP contribution in [0.2, 0.25) is 0 Å². The number of aromatic nitrogens is 3. The molecule has 0 radical (unpaired) electrons. The highest BCUT2D eigenvalue weighted by Gasteiger charge is 2.39. The second-order valence-corrected chi connectivity index (χ2v) is 5.10. The highest BCUT2D eigenvalue weighted by atomic mass is 32.1. The fraction of sp³-hybridized carbons (Fsp3) is 0.818. The van der Waals surface area contributed by atoms with E-state index in [1.807, 2.05) is 0 Å². The quantitative estimate of drug-likeness (QED) is 0.668. The molecule has 0 aromatic carbocycles. The first-order valence-electron chi connectivity index (χ1n) is 6.35. The smallest absolute Gasteiger partial charge is 0.305 e. The fourth-order valence-electron chi connectivity index (χ4n) is 2.23. The minimum Gasteiger partial charge on any atom is -0.305 e. The van der Waals surface area contributed by atoms with Crippen LogP contribution in [0.15, 0.2) is 0 Å². The van der Waals surface area contributed by atoms with Gasteiger partial charge in [-0.15, -0.1) is 10.2 Å². The van der Waals surface area contributed by atoms with E-state index >= 15 is 0 Å². The zero-order valence-electron chi connectivity index (χ0n) is 10.5. The van der Waals surface area contributed by atoms with E-state index in [0.717, 1.165) is 31.6 Å². The minimum atomic E-state index is -4.42. The van der Waals surface area contributed by atoms with Gasteiger partial charge in [0.1, 0.15) is 5.82 Å². The van der Waals surface area contributed by atoms with Gasteiger partial charge in [0.15, 0.2) is 0 Å². The molecule has 0 spiro atoms. The molecule has 1 aliphatic heterocycles. The highest BCUT2D eigenvalue weighted by Crippen LogP contribution is 2.29. The number of halogens is 3. The molecule has 2 rings (SSSR count). The van der Waals surface area contributed by atoms with E-state index in [9.17, 15) is 13.2 Å². The number of nitrogens with zero attached hydrogens (tertiary/aromatic N) is 4. The average molecular weight is 294 g/mol. The molecule has 0 fully saturated rings. The van der Waals surface area contributed by atoms with E-state index in [-0.39, 0.29) is 0 Å². The third-order valence-electron chi connectivity index (χ3n) is 3.22. The molecule has 0 saturated carbocycles. The van der Waals surface area contributed by atoms with Crippen molar-refractivity contribution >= 4 is 12.6 Å². The summed E-state index contributed by atoms with van der Waals surface area (Å²) in [5.41, 5.74) is 0. The van der Waals surface area contributed by atoms with E-state index in [1.54, 1.807) is 0 Å². The number of hydrogen-bond acceptors (Lipinski definition) is 4. The molecular formula is C11H17F3N4S. The number of unbranched alkanes of at least 4 members (excludes halogenated alkanes) is 2. The second-order valence-electron chi connectivity index (χ2n) is 4.65. The van der Waals surface area contributed by atoms with Crippen molar-refractivity contribution < 1.29 is 13.2 Å². The molecule has 0 aliphatic carbocycles. The molecule has 1 aliphatic rings. The van der Waals surface area contributed by atoms with Crippen molar-refractivity contribution in [2.24, 2.45) is 0 Å². The number of thiol groups is 1. The minimum absolute atomic E-state index is 0.309. The van der Waals surface area contributed by atoms with Crippen molar-refractivity contribution in [1.82, 2.24) is 19.7 Å². The first kappa shape index (κ1) is 14.6. The van der Waals surface area contributed by atoms with Gasteiger partial charge in [-0.25, -0.2) is 0 Å². The Morgan fingerprint density at radius 2 is 1.89 bits per heavy atom. The summed E-state index contributed by atoms with van der Waals surface area (Å²) in [7, 11) is 0. The number of hydrogen-bond donors (Lipinski definition) is 1. The number of alkyl halides is 3. The molecule has 2 heterocycles. The first-order chi connectivity index (χ1) is 9.02. The van der Waals surface area contributed by atoms with Crippen molar-refractivity contribution in [3.8, 4) is 0 Å². The molecule has 4 nitrogen and oxygen atoms in total. The van der Waals surface area contributed by atoms with Crippen molar-refractivity contribution in [3.63, 3.8) is 0 Å². The third-order valence-corrected chi connectivity index (χ3v) is 3.53. The molecule has 19 heavy (non-hydrogen) atoms. The Bertz CT molecular complexity index is 419. The van der Waals surface area contributed by atoms with E-state index < -0.39 is 12.0 Å². The topological polar surface area (TPSA) is 34.0 Å². The Kier molecular flexibility index (Phi) is 4.72. The van der Waals surface area contributed by atoms with Gasteiger partial charge in [0, 0.05) is 13.1 Å². The third kappa shape index (κ3) is 3.62. The lowest BCUT2D eigenvalue weighted by atomic mass is 10.2. The van der Waals surface area contributed by atoms with Gasteiger partial charge in [-0.3, -0.25) is 4.90 Å². The summed E-state index contributed by atoms with van der Waals surface area (Å²) in [6.45, 7) is 2.27. The summed E-state index contributed by atoms with van der Waals surface area (Å²) < 4.78 is 39.1. The summed E-state index contributed by atoms with van der Waals surface area (Å²) in [6.07, 6.45) is -1.20. The summed E-state index contributed by atoms with van der Waals surface area (Å²) in [5, 5.41) is 6.92. The molecule has 0 N–H and O–H groups in total. The summed E-state index contributed by atoms with van der Waals surface area (Å²) in [4.78, 5) is 2.13. The zero-order chi connectivity index (χ0) is 13.9. The predicted molar refractivity (Wildman–Crippen MR) is 68.0 cm³/mol. The van der Waals surface area contributed by atoms with E-state index in [2.05, 4.69) is 27.7 Å². The molecule has 0 bridgehead atoms. The maximum atomic E-state index is 12.6. The molecule has 0 atom stereocenters. The maximum Gasteiger partial charge on any atom is 0.451 e. The molecule has 0 amide bonds. The van der Waals surface area contributed by atoms with Crippen LogP contribution < -0.4 is 0 Å².